The maximum Gasteiger partial charge on any atom is 0.333 e. The molecule has 0 aromatic heterocycles. The van der Waals surface area contributed by atoms with Gasteiger partial charge in [-0.2, -0.15) is 0 Å². The van der Waals surface area contributed by atoms with E-state index >= 15 is 0 Å². The van der Waals surface area contributed by atoms with Gasteiger partial charge in [-0.25, -0.2) is 9.59 Å². The predicted octanol–water partition coefficient (Wildman–Crippen LogP) is 0.364. The Balaban J connectivity index is 4.10. The molecule has 4 amide bonds. The van der Waals surface area contributed by atoms with Gasteiger partial charge in [0, 0.05) is 12.4 Å². The number of nitrogens with zero attached hydrogens (tertiary/aromatic N) is 1. The standard InChI is InChI=1S/C6H9N3O2/c1-3-9(4-2)6(11)8-5(7)10/h3-4H,1-2H2,(H3,7,8,10,11). The number of primary amides is 1. The van der Waals surface area contributed by atoms with Crippen molar-refractivity contribution in [1.82, 2.24) is 10.2 Å². The fraction of sp³-hybridized carbons (Fsp3) is 0. The molecule has 0 aliphatic rings. The Labute approximate surface area is 64.2 Å². The summed E-state index contributed by atoms with van der Waals surface area (Å²) in [5, 5.41) is 1.83. The molecule has 11 heavy (non-hydrogen) atoms. The minimum absolute atomic E-state index is 0.678. The van der Waals surface area contributed by atoms with E-state index in [1.807, 2.05) is 5.32 Å². The Bertz CT molecular complexity index is 192. The monoisotopic (exact) mass is 155 g/mol. The van der Waals surface area contributed by atoms with Gasteiger partial charge in [0.1, 0.15) is 0 Å². The minimum atomic E-state index is -0.913. The van der Waals surface area contributed by atoms with Crippen LogP contribution in [0.4, 0.5) is 9.59 Å². The molecule has 60 valence electrons. The van der Waals surface area contributed by atoms with Crippen LogP contribution in [0.5, 0.6) is 0 Å². The van der Waals surface area contributed by atoms with E-state index in [9.17, 15) is 9.59 Å². The number of imide groups is 1. The Kier molecular flexibility index (Phi) is 3.44. The van der Waals surface area contributed by atoms with Gasteiger partial charge in [0.25, 0.3) is 0 Å². The molecular weight excluding hydrogens is 146 g/mol. The van der Waals surface area contributed by atoms with Gasteiger partial charge in [0.15, 0.2) is 0 Å². The second-order valence-corrected chi connectivity index (χ2v) is 1.57. The van der Waals surface area contributed by atoms with Gasteiger partial charge in [-0.05, 0) is 0 Å². The molecule has 0 saturated heterocycles. The van der Waals surface area contributed by atoms with Crippen molar-refractivity contribution in [3.05, 3.63) is 25.6 Å². The molecule has 3 N–H and O–H groups in total. The van der Waals surface area contributed by atoms with Crippen molar-refractivity contribution >= 4 is 12.1 Å². The molecule has 0 bridgehead atoms. The van der Waals surface area contributed by atoms with Crippen LogP contribution in [0.3, 0.4) is 0 Å². The summed E-state index contributed by atoms with van der Waals surface area (Å²) in [6.07, 6.45) is 2.40. The van der Waals surface area contributed by atoms with Gasteiger partial charge in [-0.1, -0.05) is 13.2 Å². The molecule has 5 heteroatoms. The zero-order chi connectivity index (χ0) is 8.85. The van der Waals surface area contributed by atoms with Crippen LogP contribution >= 0.6 is 0 Å². The number of carbonyl (C=O) groups excluding carboxylic acids is 2. The molecule has 0 aliphatic heterocycles. The SMILES string of the molecule is C=CN(C=C)C(=O)NC(N)=O. The van der Waals surface area contributed by atoms with Crippen LogP contribution in [0, 0.1) is 0 Å². The molecule has 0 aromatic carbocycles. The summed E-state index contributed by atoms with van der Waals surface area (Å²) in [5.74, 6) is 0. The maximum absolute atomic E-state index is 10.8. The molecule has 0 rings (SSSR count). The molecule has 0 spiro atoms. The largest absolute Gasteiger partial charge is 0.351 e. The molecule has 0 aliphatic carbocycles. The molecule has 0 fully saturated rings. The first kappa shape index (κ1) is 9.22. The highest BCUT2D eigenvalue weighted by molar-refractivity contribution is 5.93. The summed E-state index contributed by atoms with van der Waals surface area (Å²) in [6, 6.07) is -1.59. The van der Waals surface area contributed by atoms with E-state index in [2.05, 4.69) is 18.9 Å². The fourth-order valence-electron chi connectivity index (χ4n) is 0.410. The van der Waals surface area contributed by atoms with Crippen LogP contribution in [-0.4, -0.2) is 17.0 Å². The quantitative estimate of drug-likeness (QED) is 0.604. The van der Waals surface area contributed by atoms with Gasteiger partial charge in [0.05, 0.1) is 0 Å². The first-order valence-electron chi connectivity index (χ1n) is 2.75. The number of hydrogen-bond donors (Lipinski definition) is 2. The van der Waals surface area contributed by atoms with E-state index in [1.165, 1.54) is 12.4 Å². The summed E-state index contributed by atoms with van der Waals surface area (Å²) < 4.78 is 0. The predicted molar refractivity (Wildman–Crippen MR) is 40.3 cm³/mol. The van der Waals surface area contributed by atoms with Crippen molar-refractivity contribution in [3.8, 4) is 0 Å². The van der Waals surface area contributed by atoms with Gasteiger partial charge < -0.3 is 5.73 Å². The minimum Gasteiger partial charge on any atom is -0.351 e. The third-order valence-corrected chi connectivity index (χ3v) is 0.858. The van der Waals surface area contributed by atoms with Crippen molar-refractivity contribution < 1.29 is 9.59 Å². The summed E-state index contributed by atoms with van der Waals surface area (Å²) >= 11 is 0. The van der Waals surface area contributed by atoms with E-state index in [1.54, 1.807) is 0 Å². The van der Waals surface area contributed by atoms with E-state index in [0.717, 1.165) is 4.90 Å². The van der Waals surface area contributed by atoms with Gasteiger partial charge in [-0.15, -0.1) is 0 Å². The van der Waals surface area contributed by atoms with Gasteiger partial charge in [0.2, 0.25) is 0 Å². The Morgan fingerprint density at radius 2 is 1.82 bits per heavy atom. The lowest BCUT2D eigenvalue weighted by atomic mass is 10.7. The number of urea groups is 2. The van der Waals surface area contributed by atoms with E-state index in [-0.39, 0.29) is 0 Å². The van der Waals surface area contributed by atoms with E-state index in [0.29, 0.717) is 0 Å². The van der Waals surface area contributed by atoms with Crippen LogP contribution in [0.25, 0.3) is 0 Å². The van der Waals surface area contributed by atoms with Crippen LogP contribution in [0.1, 0.15) is 0 Å². The Morgan fingerprint density at radius 1 is 1.36 bits per heavy atom. The zero-order valence-electron chi connectivity index (χ0n) is 5.91. The summed E-state index contributed by atoms with van der Waals surface area (Å²) in [7, 11) is 0. The molecule has 5 nitrogen and oxygen atoms in total. The third kappa shape index (κ3) is 3.04. The van der Waals surface area contributed by atoms with Crippen molar-refractivity contribution in [2.75, 3.05) is 0 Å². The van der Waals surface area contributed by atoms with Crippen molar-refractivity contribution in [2.45, 2.75) is 0 Å². The second-order valence-electron chi connectivity index (χ2n) is 1.57. The average Bonchev–Trinajstić information content (AvgIpc) is 1.88. The summed E-state index contributed by atoms with van der Waals surface area (Å²) in [4.78, 5) is 21.9. The van der Waals surface area contributed by atoms with Crippen LogP contribution in [0.15, 0.2) is 25.6 Å². The number of nitrogens with one attached hydrogen (secondary N) is 1. The lowest BCUT2D eigenvalue weighted by molar-refractivity contribution is 0.221. The highest BCUT2D eigenvalue weighted by Crippen LogP contribution is 1.88. The topological polar surface area (TPSA) is 75.4 Å². The van der Waals surface area contributed by atoms with Gasteiger partial charge in [-0.3, -0.25) is 10.2 Å². The number of amides is 4. The van der Waals surface area contributed by atoms with Crippen molar-refractivity contribution in [2.24, 2.45) is 5.73 Å². The zero-order valence-corrected chi connectivity index (χ0v) is 5.91. The van der Waals surface area contributed by atoms with Crippen molar-refractivity contribution in [1.29, 1.82) is 0 Å². The molecular formula is C6H9N3O2. The number of rotatable bonds is 2. The van der Waals surface area contributed by atoms with E-state index in [4.69, 9.17) is 0 Å². The van der Waals surface area contributed by atoms with E-state index < -0.39 is 12.1 Å². The lowest BCUT2D eigenvalue weighted by Crippen LogP contribution is -2.40. The first-order valence-corrected chi connectivity index (χ1v) is 2.75. The molecule has 0 heterocycles. The normalized spacial score (nSPS) is 8.00. The number of hydrogen-bond acceptors (Lipinski definition) is 2. The van der Waals surface area contributed by atoms with Crippen LogP contribution < -0.4 is 11.1 Å². The van der Waals surface area contributed by atoms with Crippen molar-refractivity contribution in [3.63, 3.8) is 0 Å². The smallest absolute Gasteiger partial charge is 0.333 e. The highest BCUT2D eigenvalue weighted by Gasteiger charge is 2.07. The maximum atomic E-state index is 10.8. The molecule has 0 saturated carbocycles. The second kappa shape index (κ2) is 4.10. The van der Waals surface area contributed by atoms with Crippen LogP contribution in [-0.2, 0) is 0 Å². The molecule has 0 atom stereocenters. The van der Waals surface area contributed by atoms with Crippen LogP contribution in [0.2, 0.25) is 0 Å². The summed E-state index contributed by atoms with van der Waals surface area (Å²) in [5.41, 5.74) is 4.67. The number of nitrogens with two attached hydrogens (primary N) is 1. The summed E-state index contributed by atoms with van der Waals surface area (Å²) in [6.45, 7) is 6.60. The Hall–Kier alpha value is -1.78. The number of carbonyl (C=O) groups is 2. The lowest BCUT2D eigenvalue weighted by Gasteiger charge is -2.10. The highest BCUT2D eigenvalue weighted by atomic mass is 16.2. The Morgan fingerprint density at radius 3 is 2.09 bits per heavy atom. The molecule has 0 radical (unpaired) electrons. The first-order chi connectivity index (χ1) is 5.11. The fourth-order valence-corrected chi connectivity index (χ4v) is 0.410. The van der Waals surface area contributed by atoms with Gasteiger partial charge >= 0.3 is 12.1 Å². The average molecular weight is 155 g/mol. The molecule has 0 unspecified atom stereocenters. The molecule has 0 aromatic rings. The third-order valence-electron chi connectivity index (χ3n) is 0.858.